The summed E-state index contributed by atoms with van der Waals surface area (Å²) in [6, 6.07) is -3.38. The highest BCUT2D eigenvalue weighted by molar-refractivity contribution is 4.92. The number of aromatic nitrogens is 3. The van der Waals surface area contributed by atoms with Gasteiger partial charge in [-0.15, -0.1) is 5.10 Å². The van der Waals surface area contributed by atoms with Crippen molar-refractivity contribution >= 4 is 0 Å². The van der Waals surface area contributed by atoms with Crippen LogP contribution in [0, 0.1) is 0 Å². The molecule has 0 aliphatic heterocycles. The van der Waals surface area contributed by atoms with E-state index in [2.05, 4.69) is 15.6 Å². The number of hydrogen-bond acceptors (Lipinski definition) is 4. The minimum Gasteiger partial charge on any atom is -0.388 e. The number of hydrogen-bond donors (Lipinski definition) is 2. The van der Waals surface area contributed by atoms with Crippen LogP contribution in [0.4, 0.5) is 8.78 Å². The van der Waals surface area contributed by atoms with E-state index in [1.54, 1.807) is 7.05 Å². The number of aliphatic hydroxyl groups excluding tert-OH is 1. The van der Waals surface area contributed by atoms with Gasteiger partial charge in [-0.3, -0.25) is 0 Å². The number of alkyl halides is 2. The lowest BCUT2D eigenvalue weighted by Crippen LogP contribution is -2.27. The van der Waals surface area contributed by atoms with Crippen LogP contribution in [0.3, 0.4) is 0 Å². The Labute approximate surface area is 73.4 Å². The molecular weight excluding hydrogens is 182 g/mol. The van der Waals surface area contributed by atoms with E-state index in [0.29, 0.717) is 16.9 Å². The Kier molecular flexibility index (Phi) is 2.89. The summed E-state index contributed by atoms with van der Waals surface area (Å²) in [6.07, 6.45) is 1.09. The fourth-order valence-corrected chi connectivity index (χ4v) is 0.793. The second-order valence-electron chi connectivity index (χ2n) is 2.51. The van der Waals surface area contributed by atoms with Crippen molar-refractivity contribution in [3.63, 3.8) is 0 Å². The molecule has 0 fully saturated rings. The largest absolute Gasteiger partial charge is 0.388 e. The first-order valence-electron chi connectivity index (χ1n) is 3.65. The highest BCUT2D eigenvalue weighted by atomic mass is 19.3. The SMILES string of the molecule is CNCc1cn(C(F)(F)CO)nn1. The van der Waals surface area contributed by atoms with Crippen LogP contribution in [0.1, 0.15) is 5.69 Å². The molecule has 2 N–H and O–H groups in total. The first-order chi connectivity index (χ1) is 6.10. The van der Waals surface area contributed by atoms with Crippen molar-refractivity contribution in [1.29, 1.82) is 0 Å². The van der Waals surface area contributed by atoms with Gasteiger partial charge in [0.05, 0.1) is 11.9 Å². The van der Waals surface area contributed by atoms with Crippen LogP contribution in [0.5, 0.6) is 0 Å². The quantitative estimate of drug-likeness (QED) is 0.677. The van der Waals surface area contributed by atoms with Crippen molar-refractivity contribution in [2.24, 2.45) is 0 Å². The van der Waals surface area contributed by atoms with E-state index >= 15 is 0 Å². The van der Waals surface area contributed by atoms with Gasteiger partial charge in [0, 0.05) is 6.54 Å². The third kappa shape index (κ3) is 2.19. The van der Waals surface area contributed by atoms with Crippen molar-refractivity contribution in [2.45, 2.75) is 12.6 Å². The van der Waals surface area contributed by atoms with E-state index in [1.165, 1.54) is 0 Å². The number of rotatable bonds is 4. The molecule has 0 aliphatic carbocycles. The van der Waals surface area contributed by atoms with Crippen molar-refractivity contribution in [2.75, 3.05) is 13.7 Å². The Morgan fingerprint density at radius 1 is 1.69 bits per heavy atom. The minimum absolute atomic E-state index is 0.347. The first-order valence-corrected chi connectivity index (χ1v) is 3.65. The molecule has 1 rings (SSSR count). The molecule has 0 amide bonds. The topological polar surface area (TPSA) is 63.0 Å². The van der Waals surface area contributed by atoms with Gasteiger partial charge >= 0.3 is 6.05 Å². The molecule has 0 saturated carbocycles. The Morgan fingerprint density at radius 3 is 2.92 bits per heavy atom. The van der Waals surface area contributed by atoms with Gasteiger partial charge in [-0.25, -0.2) is 0 Å². The Morgan fingerprint density at radius 2 is 2.38 bits per heavy atom. The molecule has 0 bridgehead atoms. The van der Waals surface area contributed by atoms with Crippen molar-refractivity contribution in [3.05, 3.63) is 11.9 Å². The predicted octanol–water partition coefficient (Wildman–Crippen LogP) is -0.461. The molecule has 13 heavy (non-hydrogen) atoms. The number of halogens is 2. The summed E-state index contributed by atoms with van der Waals surface area (Å²) in [4.78, 5) is 0. The molecule has 1 aromatic heterocycles. The van der Waals surface area contributed by atoms with Gasteiger partial charge < -0.3 is 10.4 Å². The number of nitrogens with zero attached hydrogens (tertiary/aromatic N) is 3. The maximum Gasteiger partial charge on any atom is 0.367 e. The van der Waals surface area contributed by atoms with E-state index in [0.717, 1.165) is 6.20 Å². The smallest absolute Gasteiger partial charge is 0.367 e. The zero-order valence-electron chi connectivity index (χ0n) is 7.04. The second-order valence-corrected chi connectivity index (χ2v) is 2.51. The third-order valence-electron chi connectivity index (χ3n) is 1.42. The predicted molar refractivity (Wildman–Crippen MR) is 40.1 cm³/mol. The molecule has 1 heterocycles. The molecule has 7 heteroatoms. The van der Waals surface area contributed by atoms with Gasteiger partial charge in [-0.2, -0.15) is 13.5 Å². The summed E-state index contributed by atoms with van der Waals surface area (Å²) in [7, 11) is 1.67. The lowest BCUT2D eigenvalue weighted by molar-refractivity contribution is -0.131. The maximum atomic E-state index is 12.7. The maximum absolute atomic E-state index is 12.7. The Bertz CT molecular complexity index is 275. The zero-order valence-corrected chi connectivity index (χ0v) is 7.04. The van der Waals surface area contributed by atoms with E-state index in [1.807, 2.05) is 0 Å². The van der Waals surface area contributed by atoms with Crippen molar-refractivity contribution in [1.82, 2.24) is 20.3 Å². The van der Waals surface area contributed by atoms with Crippen LogP contribution in [0.2, 0.25) is 0 Å². The van der Waals surface area contributed by atoms with Gasteiger partial charge in [0.1, 0.15) is 6.61 Å². The summed E-state index contributed by atoms with van der Waals surface area (Å²) in [5.41, 5.74) is 0.399. The molecule has 0 atom stereocenters. The number of nitrogens with one attached hydrogen (secondary N) is 1. The second kappa shape index (κ2) is 3.75. The normalized spacial score (nSPS) is 12.0. The van der Waals surface area contributed by atoms with Crippen LogP contribution in [-0.2, 0) is 12.6 Å². The lowest BCUT2D eigenvalue weighted by atomic mass is 10.5. The first kappa shape index (κ1) is 10.0. The van der Waals surface area contributed by atoms with Crippen LogP contribution in [0.25, 0.3) is 0 Å². The molecule has 0 saturated heterocycles. The average Bonchev–Trinajstić information content (AvgIpc) is 2.54. The van der Waals surface area contributed by atoms with E-state index in [9.17, 15) is 8.78 Å². The summed E-state index contributed by atoms with van der Waals surface area (Å²) in [6.45, 7) is -0.920. The highest BCUT2D eigenvalue weighted by Gasteiger charge is 2.31. The summed E-state index contributed by atoms with van der Waals surface area (Å²) >= 11 is 0. The highest BCUT2D eigenvalue weighted by Crippen LogP contribution is 2.17. The van der Waals surface area contributed by atoms with Crippen molar-refractivity contribution < 1.29 is 13.9 Å². The zero-order chi connectivity index (χ0) is 9.90. The average molecular weight is 192 g/mol. The van der Waals surface area contributed by atoms with E-state index in [4.69, 9.17) is 5.11 Å². The van der Waals surface area contributed by atoms with Crippen molar-refractivity contribution in [3.8, 4) is 0 Å². The van der Waals surface area contributed by atoms with Gasteiger partial charge in [0.2, 0.25) is 0 Å². The molecule has 0 aliphatic rings. The Balaban J connectivity index is 2.79. The van der Waals surface area contributed by atoms with Crippen LogP contribution in [0.15, 0.2) is 6.20 Å². The van der Waals surface area contributed by atoms with Gasteiger partial charge in [0.15, 0.2) is 0 Å². The fourth-order valence-electron chi connectivity index (χ4n) is 0.793. The standard InChI is InChI=1S/C6H10F2N4O/c1-9-2-5-3-12(11-10-5)6(7,8)4-13/h3,9,13H,2,4H2,1H3. The molecule has 0 unspecified atom stereocenters. The fraction of sp³-hybridized carbons (Fsp3) is 0.667. The van der Waals surface area contributed by atoms with Crippen LogP contribution >= 0.6 is 0 Å². The monoisotopic (exact) mass is 192 g/mol. The molecule has 0 aromatic carbocycles. The van der Waals surface area contributed by atoms with Gasteiger partial charge in [-0.1, -0.05) is 5.21 Å². The third-order valence-corrected chi connectivity index (χ3v) is 1.42. The van der Waals surface area contributed by atoms with Gasteiger partial charge in [0.25, 0.3) is 0 Å². The Hall–Kier alpha value is -1.08. The molecule has 0 spiro atoms. The summed E-state index contributed by atoms with van der Waals surface area (Å²) < 4.78 is 25.8. The molecule has 5 nitrogen and oxygen atoms in total. The molecule has 74 valence electrons. The summed E-state index contributed by atoms with van der Waals surface area (Å²) in [5.74, 6) is 0. The van der Waals surface area contributed by atoms with Crippen LogP contribution in [-0.4, -0.2) is 33.8 Å². The molecule has 1 aromatic rings. The van der Waals surface area contributed by atoms with E-state index in [-0.39, 0.29) is 0 Å². The molecular formula is C6H10F2N4O. The van der Waals surface area contributed by atoms with Gasteiger partial charge in [-0.05, 0) is 7.05 Å². The van der Waals surface area contributed by atoms with Crippen LogP contribution < -0.4 is 5.32 Å². The molecule has 0 radical (unpaired) electrons. The minimum atomic E-state index is -3.38. The summed E-state index contributed by atoms with van der Waals surface area (Å²) in [5, 5.41) is 17.7. The lowest BCUT2D eigenvalue weighted by Gasteiger charge is -2.11. The number of aliphatic hydroxyl groups is 1. The van der Waals surface area contributed by atoms with E-state index < -0.39 is 12.7 Å².